The zero-order valence-electron chi connectivity index (χ0n) is 4.40. The van der Waals surface area contributed by atoms with Crippen molar-refractivity contribution in [3.8, 4) is 0 Å². The Morgan fingerprint density at radius 1 is 1.50 bits per heavy atom. The van der Waals surface area contributed by atoms with Gasteiger partial charge < -0.3 is 6.92 Å². The first kappa shape index (κ1) is 10.1. The number of rotatable bonds is 1. The first-order valence-electron chi connectivity index (χ1n) is 2.06. The zero-order valence-corrected chi connectivity index (χ0v) is 6.83. The van der Waals surface area contributed by atoms with Gasteiger partial charge in [-0.25, -0.2) is 5.28 Å². The van der Waals surface area contributed by atoms with Crippen LogP contribution in [0.25, 0.3) is 0 Å². The minimum atomic E-state index is -0.261. The third-order valence-electron chi connectivity index (χ3n) is 0.577. The van der Waals surface area contributed by atoms with Gasteiger partial charge in [0.25, 0.3) is 0 Å². The van der Waals surface area contributed by atoms with Crippen molar-refractivity contribution in [2.24, 2.45) is 0 Å². The monoisotopic (exact) mass is 137 g/mol. The second-order valence-electron chi connectivity index (χ2n) is 1.68. The van der Waals surface area contributed by atoms with Crippen LogP contribution in [0.2, 0.25) is 16.9 Å². The summed E-state index contributed by atoms with van der Waals surface area (Å²) in [6.07, 6.45) is 0. The smallest absolute Gasteiger partial charge is 0.223 e. The molecule has 0 heterocycles. The molecule has 0 nitrogen and oxygen atoms in total. The molecule has 0 aliphatic rings. The van der Waals surface area contributed by atoms with E-state index in [9.17, 15) is 0 Å². The van der Waals surface area contributed by atoms with Crippen LogP contribution in [0.3, 0.4) is 0 Å². The summed E-state index contributed by atoms with van der Waals surface area (Å²) in [6.45, 7) is 3.75. The Labute approximate surface area is 55.5 Å². The van der Waals surface area contributed by atoms with Gasteiger partial charge in [0.15, 0.2) is 0 Å². The second kappa shape index (κ2) is 6.06. The molecule has 0 aromatic carbocycles. The molecule has 0 saturated carbocycles. The zero-order chi connectivity index (χ0) is 4.28. The van der Waals surface area contributed by atoms with Gasteiger partial charge in [-0.3, -0.25) is 0 Å². The largest absolute Gasteiger partial charge is 0.356 e. The van der Waals surface area contributed by atoms with Crippen LogP contribution in [0, 0.1) is 6.92 Å². The summed E-state index contributed by atoms with van der Waals surface area (Å²) in [7, 11) is 0. The number of hydrogen-bond donors (Lipinski definition) is 0. The van der Waals surface area contributed by atoms with Crippen molar-refractivity contribution in [1.82, 2.24) is 0 Å². The van der Waals surface area contributed by atoms with Gasteiger partial charge in [-0.05, 0) is 0 Å². The van der Waals surface area contributed by atoms with Gasteiger partial charge >= 0.3 is 0 Å². The summed E-state index contributed by atoms with van der Waals surface area (Å²) in [4.78, 5) is 0. The Morgan fingerprint density at radius 2 is 1.67 bits per heavy atom. The fourth-order valence-electron chi connectivity index (χ4n) is 0. The summed E-state index contributed by atoms with van der Waals surface area (Å²) in [5.74, 6) is 4.60. The van der Waals surface area contributed by atoms with Crippen molar-refractivity contribution in [3.05, 3.63) is 6.92 Å². The van der Waals surface area contributed by atoms with Crippen LogP contribution >= 0.6 is 0 Å². The van der Waals surface area contributed by atoms with Gasteiger partial charge in [0, 0.05) is 17.4 Å². The quantitative estimate of drug-likeness (QED) is 0.380. The Hall–Kier alpha value is 1.06. The maximum atomic E-state index is 3.75. The van der Waals surface area contributed by atoms with E-state index in [1.165, 1.54) is 5.28 Å². The van der Waals surface area contributed by atoms with Gasteiger partial charge in [-0.1, -0.05) is 0 Å². The van der Waals surface area contributed by atoms with E-state index in [4.69, 9.17) is 0 Å². The molecule has 0 atom stereocenters. The molecular formula is C4H10AlCr-. The predicted octanol–water partition coefficient (Wildman–Crippen LogP) is 1.57. The average molecular weight is 137 g/mol. The van der Waals surface area contributed by atoms with Crippen molar-refractivity contribution in [2.45, 2.75) is 16.9 Å². The molecule has 0 aromatic heterocycles. The van der Waals surface area contributed by atoms with Crippen molar-refractivity contribution in [3.63, 3.8) is 0 Å². The molecule has 0 bridgehead atoms. The van der Waals surface area contributed by atoms with Crippen LogP contribution in [0.1, 0.15) is 0 Å². The van der Waals surface area contributed by atoms with Gasteiger partial charge in [-0.15, -0.1) is 11.6 Å². The van der Waals surface area contributed by atoms with E-state index in [2.05, 4.69) is 18.5 Å². The van der Waals surface area contributed by atoms with Gasteiger partial charge in [0.2, 0.25) is 14.1 Å². The molecule has 2 heteroatoms. The van der Waals surface area contributed by atoms with Crippen molar-refractivity contribution >= 4 is 14.1 Å². The predicted molar refractivity (Wildman–Crippen MR) is 27.6 cm³/mol. The maximum Gasteiger partial charge on any atom is 0.223 e. The minimum Gasteiger partial charge on any atom is -0.356 e. The van der Waals surface area contributed by atoms with Crippen LogP contribution in [0.15, 0.2) is 0 Å². The standard InChI is InChI=1S/C2H4.2CH3.Al.Cr/c1-2;;;;/h1-2H2;2*1H3;;/q-1;;;;. The van der Waals surface area contributed by atoms with E-state index < -0.39 is 0 Å². The third-order valence-corrected chi connectivity index (χ3v) is 1.73. The van der Waals surface area contributed by atoms with Crippen LogP contribution in [-0.4, -0.2) is 14.1 Å². The fourth-order valence-corrected chi connectivity index (χ4v) is 0. The van der Waals surface area contributed by atoms with E-state index in [1.807, 2.05) is 0 Å². The molecule has 0 radical (unpaired) electrons. The van der Waals surface area contributed by atoms with Crippen LogP contribution in [0.5, 0.6) is 0 Å². The van der Waals surface area contributed by atoms with Crippen molar-refractivity contribution in [1.29, 1.82) is 0 Å². The summed E-state index contributed by atoms with van der Waals surface area (Å²) >= 11 is -0.261. The van der Waals surface area contributed by atoms with Crippen LogP contribution in [0.4, 0.5) is 0 Å². The summed E-state index contributed by atoms with van der Waals surface area (Å²) in [6, 6.07) is 0. The molecule has 0 spiro atoms. The molecule has 0 fully saturated rings. The Kier molecular flexibility index (Phi) is 10.2. The van der Waals surface area contributed by atoms with E-state index >= 15 is 0 Å². The molecule has 0 N–H and O–H groups in total. The van der Waals surface area contributed by atoms with Gasteiger partial charge in [0.05, 0.1) is 0 Å². The van der Waals surface area contributed by atoms with E-state index in [1.54, 1.807) is 0 Å². The molecule has 0 rings (SSSR count). The molecule has 0 saturated heterocycles. The molecular weight excluding hydrogens is 127 g/mol. The van der Waals surface area contributed by atoms with Gasteiger partial charge in [0.1, 0.15) is 0 Å². The average Bonchev–Trinajstić information content (AvgIpc) is 1.38. The molecule has 6 heavy (non-hydrogen) atoms. The van der Waals surface area contributed by atoms with Crippen LogP contribution < -0.4 is 0 Å². The van der Waals surface area contributed by atoms with Crippen molar-refractivity contribution < 1.29 is 17.4 Å². The first-order chi connectivity index (χ1) is 2.27. The Morgan fingerprint density at radius 3 is 1.67 bits per heavy atom. The SMILES string of the molecule is [CH2-][CH2][Al]([CH3])[CH3].[Cr]. The third kappa shape index (κ3) is 8.91. The van der Waals surface area contributed by atoms with E-state index in [-0.39, 0.29) is 31.5 Å². The molecule has 0 aliphatic heterocycles. The van der Waals surface area contributed by atoms with E-state index in [0.717, 1.165) is 0 Å². The Balaban J connectivity index is 0. The molecule has 36 valence electrons. The molecule has 0 amide bonds. The topological polar surface area (TPSA) is 0 Å². The molecule has 0 aromatic rings. The van der Waals surface area contributed by atoms with Crippen molar-refractivity contribution in [2.75, 3.05) is 0 Å². The summed E-state index contributed by atoms with van der Waals surface area (Å²) < 4.78 is 0. The maximum absolute atomic E-state index is 3.75. The van der Waals surface area contributed by atoms with E-state index in [0.29, 0.717) is 0 Å². The fraction of sp³-hybridized carbons (Fsp3) is 0.750. The normalized spacial score (nSPS) is 6.50. The Bertz CT molecular complexity index is 21.5. The second-order valence-corrected chi connectivity index (χ2v) is 5.05. The van der Waals surface area contributed by atoms with Gasteiger partial charge in [-0.2, -0.15) is 0 Å². The first-order valence-corrected chi connectivity index (χ1v) is 5.19. The minimum absolute atomic E-state index is 0. The summed E-state index contributed by atoms with van der Waals surface area (Å²) in [5, 5.41) is 1.19. The number of hydrogen-bond acceptors (Lipinski definition) is 0. The molecule has 0 unspecified atom stereocenters. The molecule has 0 aliphatic carbocycles. The summed E-state index contributed by atoms with van der Waals surface area (Å²) in [5.41, 5.74) is 0. The van der Waals surface area contributed by atoms with Crippen LogP contribution in [-0.2, 0) is 17.4 Å².